The van der Waals surface area contributed by atoms with Gasteiger partial charge in [-0.2, -0.15) is 0 Å². The molecular formula is C17H16FN7O. The standard InChI is InChI=1S/C17H16FN7O/c18-13-9-12(10-19-11-13)17(26)22-8-7-21-15-4-5-16(25-24-15)23-14-3-1-2-6-20-14/h1-6,9-11H,7-8H2,(H,21,24)(H,22,26)(H,20,23,25). The first-order valence-electron chi connectivity index (χ1n) is 7.85. The van der Waals surface area contributed by atoms with E-state index >= 15 is 0 Å². The molecule has 3 heterocycles. The molecule has 0 saturated heterocycles. The van der Waals surface area contributed by atoms with Gasteiger partial charge in [0.1, 0.15) is 17.5 Å². The number of halogens is 1. The zero-order valence-electron chi connectivity index (χ0n) is 13.7. The van der Waals surface area contributed by atoms with Crippen molar-refractivity contribution in [3.63, 3.8) is 0 Å². The number of nitrogens with zero attached hydrogens (tertiary/aromatic N) is 4. The highest BCUT2D eigenvalue weighted by Crippen LogP contribution is 2.11. The minimum Gasteiger partial charge on any atom is -0.367 e. The Morgan fingerprint density at radius 1 is 1.00 bits per heavy atom. The van der Waals surface area contributed by atoms with Gasteiger partial charge in [0.2, 0.25) is 0 Å². The van der Waals surface area contributed by atoms with Crippen molar-refractivity contribution in [1.29, 1.82) is 0 Å². The summed E-state index contributed by atoms with van der Waals surface area (Å²) in [5.74, 6) is 0.877. The number of carbonyl (C=O) groups is 1. The highest BCUT2D eigenvalue weighted by molar-refractivity contribution is 5.93. The van der Waals surface area contributed by atoms with Crippen LogP contribution in [0.25, 0.3) is 0 Å². The number of aromatic nitrogens is 4. The topological polar surface area (TPSA) is 105 Å². The molecule has 0 unspecified atom stereocenters. The minimum atomic E-state index is -0.551. The Morgan fingerprint density at radius 3 is 2.58 bits per heavy atom. The van der Waals surface area contributed by atoms with Crippen LogP contribution >= 0.6 is 0 Å². The van der Waals surface area contributed by atoms with Crippen LogP contribution in [0.15, 0.2) is 55.0 Å². The van der Waals surface area contributed by atoms with Crippen LogP contribution in [0.1, 0.15) is 10.4 Å². The van der Waals surface area contributed by atoms with Gasteiger partial charge in [-0.1, -0.05) is 6.07 Å². The lowest BCUT2D eigenvalue weighted by molar-refractivity contribution is 0.0954. The van der Waals surface area contributed by atoms with E-state index in [1.807, 2.05) is 18.2 Å². The van der Waals surface area contributed by atoms with E-state index < -0.39 is 5.82 Å². The second kappa shape index (κ2) is 8.47. The number of anilines is 3. The van der Waals surface area contributed by atoms with Crippen LogP contribution in [0.4, 0.5) is 21.8 Å². The molecule has 0 aromatic carbocycles. The summed E-state index contributed by atoms with van der Waals surface area (Å²) >= 11 is 0. The number of amides is 1. The molecule has 0 fully saturated rings. The third kappa shape index (κ3) is 4.94. The van der Waals surface area contributed by atoms with Gasteiger partial charge >= 0.3 is 0 Å². The molecule has 1 amide bonds. The average Bonchev–Trinajstić information content (AvgIpc) is 2.67. The highest BCUT2D eigenvalue weighted by Gasteiger charge is 2.06. The SMILES string of the molecule is O=C(NCCNc1ccc(Nc2ccccn2)nn1)c1cncc(F)c1. The molecule has 0 atom stereocenters. The first-order chi connectivity index (χ1) is 12.7. The highest BCUT2D eigenvalue weighted by atomic mass is 19.1. The fourth-order valence-electron chi connectivity index (χ4n) is 2.07. The lowest BCUT2D eigenvalue weighted by atomic mass is 10.2. The van der Waals surface area contributed by atoms with Crippen LogP contribution in [0.5, 0.6) is 0 Å². The fraction of sp³-hybridized carbons (Fsp3) is 0.118. The Morgan fingerprint density at radius 2 is 1.85 bits per heavy atom. The van der Waals surface area contributed by atoms with Gasteiger partial charge in [-0.05, 0) is 30.3 Å². The molecule has 3 aromatic rings. The van der Waals surface area contributed by atoms with Gasteiger partial charge in [0.05, 0.1) is 11.8 Å². The van der Waals surface area contributed by atoms with Gasteiger partial charge in [0, 0.05) is 25.5 Å². The number of carbonyl (C=O) groups excluding carboxylic acids is 1. The van der Waals surface area contributed by atoms with Crippen molar-refractivity contribution < 1.29 is 9.18 Å². The molecule has 0 aliphatic heterocycles. The van der Waals surface area contributed by atoms with Crippen molar-refractivity contribution in [3.05, 3.63) is 66.4 Å². The average molecular weight is 353 g/mol. The monoisotopic (exact) mass is 353 g/mol. The quantitative estimate of drug-likeness (QED) is 0.558. The second-order valence-corrected chi connectivity index (χ2v) is 5.22. The molecule has 9 heteroatoms. The van der Waals surface area contributed by atoms with E-state index in [2.05, 4.69) is 36.1 Å². The summed E-state index contributed by atoms with van der Waals surface area (Å²) in [5, 5.41) is 16.8. The maximum absolute atomic E-state index is 13.0. The van der Waals surface area contributed by atoms with Crippen molar-refractivity contribution in [1.82, 2.24) is 25.5 Å². The summed E-state index contributed by atoms with van der Waals surface area (Å²) in [7, 11) is 0. The van der Waals surface area contributed by atoms with Crippen LogP contribution in [0, 0.1) is 5.82 Å². The van der Waals surface area contributed by atoms with E-state index in [1.54, 1.807) is 18.3 Å². The van der Waals surface area contributed by atoms with Crippen molar-refractivity contribution in [3.8, 4) is 0 Å². The van der Waals surface area contributed by atoms with Crippen LogP contribution in [-0.2, 0) is 0 Å². The fourth-order valence-corrected chi connectivity index (χ4v) is 2.07. The largest absolute Gasteiger partial charge is 0.367 e. The lowest BCUT2D eigenvalue weighted by Gasteiger charge is -2.08. The van der Waals surface area contributed by atoms with Gasteiger partial charge in [-0.15, -0.1) is 10.2 Å². The van der Waals surface area contributed by atoms with E-state index in [4.69, 9.17) is 0 Å². The van der Waals surface area contributed by atoms with Crippen LogP contribution in [0.3, 0.4) is 0 Å². The van der Waals surface area contributed by atoms with Crippen molar-refractivity contribution in [2.45, 2.75) is 0 Å². The molecular weight excluding hydrogens is 337 g/mol. The Kier molecular flexibility index (Phi) is 5.61. The second-order valence-electron chi connectivity index (χ2n) is 5.22. The van der Waals surface area contributed by atoms with Crippen LogP contribution < -0.4 is 16.0 Å². The summed E-state index contributed by atoms with van der Waals surface area (Å²) < 4.78 is 13.0. The number of nitrogens with one attached hydrogen (secondary N) is 3. The number of pyridine rings is 2. The van der Waals surface area contributed by atoms with Gasteiger partial charge in [-0.3, -0.25) is 9.78 Å². The van der Waals surface area contributed by atoms with E-state index in [1.165, 1.54) is 6.20 Å². The van der Waals surface area contributed by atoms with E-state index in [0.717, 1.165) is 12.3 Å². The molecule has 0 spiro atoms. The summed E-state index contributed by atoms with van der Waals surface area (Å²) in [5.41, 5.74) is 0.176. The van der Waals surface area contributed by atoms with E-state index in [9.17, 15) is 9.18 Å². The molecule has 3 N–H and O–H groups in total. The normalized spacial score (nSPS) is 10.2. The summed E-state index contributed by atoms with van der Waals surface area (Å²) in [6.45, 7) is 0.779. The number of hydrogen-bond donors (Lipinski definition) is 3. The smallest absolute Gasteiger partial charge is 0.253 e. The number of rotatable bonds is 7. The van der Waals surface area contributed by atoms with Crippen LogP contribution in [0.2, 0.25) is 0 Å². The molecule has 0 bridgehead atoms. The van der Waals surface area contributed by atoms with Gasteiger partial charge in [0.15, 0.2) is 5.82 Å². The Bertz CT molecular complexity index is 859. The van der Waals surface area contributed by atoms with E-state index in [-0.39, 0.29) is 11.5 Å². The summed E-state index contributed by atoms with van der Waals surface area (Å²) in [4.78, 5) is 19.6. The van der Waals surface area contributed by atoms with Crippen molar-refractivity contribution in [2.75, 3.05) is 23.7 Å². The minimum absolute atomic E-state index is 0.176. The Hall–Kier alpha value is -3.62. The molecule has 132 valence electrons. The first kappa shape index (κ1) is 17.2. The summed E-state index contributed by atoms with van der Waals surface area (Å²) in [6.07, 6.45) is 4.04. The molecule has 0 radical (unpaired) electrons. The maximum Gasteiger partial charge on any atom is 0.253 e. The third-order valence-corrected chi connectivity index (χ3v) is 3.27. The molecule has 3 rings (SSSR count). The zero-order valence-corrected chi connectivity index (χ0v) is 13.7. The van der Waals surface area contributed by atoms with Gasteiger partial charge < -0.3 is 16.0 Å². The van der Waals surface area contributed by atoms with Crippen molar-refractivity contribution in [2.24, 2.45) is 0 Å². The van der Waals surface area contributed by atoms with E-state index in [0.29, 0.717) is 30.5 Å². The molecule has 0 saturated carbocycles. The Balaban J connectivity index is 1.43. The molecule has 3 aromatic heterocycles. The lowest BCUT2D eigenvalue weighted by Crippen LogP contribution is -2.29. The predicted molar refractivity (Wildman–Crippen MR) is 94.6 cm³/mol. The van der Waals surface area contributed by atoms with Crippen LogP contribution in [-0.4, -0.2) is 39.2 Å². The zero-order chi connectivity index (χ0) is 18.2. The third-order valence-electron chi connectivity index (χ3n) is 3.27. The molecule has 26 heavy (non-hydrogen) atoms. The number of hydrogen-bond acceptors (Lipinski definition) is 7. The van der Waals surface area contributed by atoms with Gasteiger partial charge in [0.25, 0.3) is 5.91 Å². The Labute approximate surface area is 148 Å². The molecule has 0 aliphatic carbocycles. The molecule has 8 nitrogen and oxygen atoms in total. The summed E-state index contributed by atoms with van der Waals surface area (Å²) in [6, 6.07) is 10.2. The van der Waals surface area contributed by atoms with Gasteiger partial charge in [-0.25, -0.2) is 9.37 Å². The maximum atomic E-state index is 13.0. The first-order valence-corrected chi connectivity index (χ1v) is 7.85. The van der Waals surface area contributed by atoms with Crippen molar-refractivity contribution >= 4 is 23.4 Å². The predicted octanol–water partition coefficient (Wildman–Crippen LogP) is 1.99. The molecule has 0 aliphatic rings.